The van der Waals surface area contributed by atoms with Gasteiger partial charge >= 0.3 is 0 Å². The van der Waals surface area contributed by atoms with Gasteiger partial charge in [0.25, 0.3) is 0 Å². The highest BCUT2D eigenvalue weighted by Crippen LogP contribution is 2.19. The van der Waals surface area contributed by atoms with Crippen LogP contribution in [0.5, 0.6) is 5.75 Å². The number of halogens is 3. The van der Waals surface area contributed by atoms with Gasteiger partial charge in [0.2, 0.25) is 0 Å². The summed E-state index contributed by atoms with van der Waals surface area (Å²) in [7, 11) is 0. The lowest BCUT2D eigenvalue weighted by atomic mass is 10.3. The normalized spacial score (nSPS) is 12.5. The molecule has 1 atom stereocenters. The number of ether oxygens (including phenoxy) is 1. The van der Waals surface area contributed by atoms with Crippen molar-refractivity contribution in [3.63, 3.8) is 0 Å². The van der Waals surface area contributed by atoms with Crippen LogP contribution in [-0.4, -0.2) is 27.4 Å². The number of hydrogen-bond acceptors (Lipinski definition) is 3. The Morgan fingerprint density at radius 2 is 2.00 bits per heavy atom. The van der Waals surface area contributed by atoms with Crippen LogP contribution in [-0.2, 0) is 6.54 Å². The number of imidazole rings is 1. The van der Waals surface area contributed by atoms with Crippen molar-refractivity contribution in [3.05, 3.63) is 58.8 Å². The summed E-state index contributed by atoms with van der Waals surface area (Å²) < 4.78 is 34.5. The van der Waals surface area contributed by atoms with E-state index in [1.807, 2.05) is 12.1 Å². The average Bonchev–Trinajstić information content (AvgIpc) is 2.88. The molecule has 7 heteroatoms. The molecule has 0 aliphatic carbocycles. The summed E-state index contributed by atoms with van der Waals surface area (Å²) in [5.41, 5.74) is 0.759. The minimum atomic E-state index is -0.945. The molecule has 2 aromatic carbocycles. The monoisotopic (exact) mass is 382 g/mol. The third-order valence-corrected chi connectivity index (χ3v) is 3.80. The van der Waals surface area contributed by atoms with Crippen LogP contribution in [0.25, 0.3) is 11.0 Å². The van der Waals surface area contributed by atoms with E-state index in [-0.39, 0.29) is 13.2 Å². The minimum Gasteiger partial charge on any atom is -0.491 e. The van der Waals surface area contributed by atoms with E-state index in [9.17, 15) is 13.9 Å². The fourth-order valence-corrected chi connectivity index (χ4v) is 2.61. The number of benzene rings is 2. The zero-order chi connectivity index (χ0) is 16.4. The predicted octanol–water partition coefficient (Wildman–Crippen LogP) is 3.52. The quantitative estimate of drug-likeness (QED) is 0.734. The number of aromatic nitrogens is 2. The molecule has 23 heavy (non-hydrogen) atoms. The Labute approximate surface area is 139 Å². The highest BCUT2D eigenvalue weighted by molar-refractivity contribution is 9.10. The molecule has 3 rings (SSSR count). The highest BCUT2D eigenvalue weighted by Gasteiger charge is 2.12. The SMILES string of the molecule is OC(COc1cccc(Br)c1)Cn1cnc2cc(F)c(F)cc21. The van der Waals surface area contributed by atoms with Gasteiger partial charge in [-0.3, -0.25) is 0 Å². The number of aliphatic hydroxyl groups is 1. The summed E-state index contributed by atoms with van der Waals surface area (Å²) in [4.78, 5) is 4.00. The molecule has 0 aliphatic rings. The van der Waals surface area contributed by atoms with Crippen LogP contribution in [0.2, 0.25) is 0 Å². The van der Waals surface area contributed by atoms with Gasteiger partial charge in [0.05, 0.1) is 23.9 Å². The Hall–Kier alpha value is -1.99. The molecule has 1 aromatic heterocycles. The molecule has 0 saturated carbocycles. The molecule has 3 aromatic rings. The molecule has 0 bridgehead atoms. The first-order chi connectivity index (χ1) is 11.0. The van der Waals surface area contributed by atoms with Gasteiger partial charge in [0, 0.05) is 16.6 Å². The summed E-state index contributed by atoms with van der Waals surface area (Å²) in [5.74, 6) is -1.26. The first-order valence-electron chi connectivity index (χ1n) is 6.89. The molecule has 1 heterocycles. The van der Waals surface area contributed by atoms with Gasteiger partial charge in [0.15, 0.2) is 11.6 Å². The smallest absolute Gasteiger partial charge is 0.161 e. The summed E-state index contributed by atoms with van der Waals surface area (Å²) in [5, 5.41) is 10.1. The maximum atomic E-state index is 13.3. The highest BCUT2D eigenvalue weighted by atomic mass is 79.9. The summed E-state index contributed by atoms with van der Waals surface area (Å²) >= 11 is 3.34. The molecule has 0 aliphatic heterocycles. The molecule has 0 radical (unpaired) electrons. The van der Waals surface area contributed by atoms with Crippen molar-refractivity contribution in [2.24, 2.45) is 0 Å². The van der Waals surface area contributed by atoms with E-state index in [4.69, 9.17) is 4.74 Å². The first-order valence-corrected chi connectivity index (χ1v) is 7.68. The Bertz CT molecular complexity index is 838. The fraction of sp³-hybridized carbons (Fsp3) is 0.188. The third-order valence-electron chi connectivity index (χ3n) is 3.31. The van der Waals surface area contributed by atoms with Gasteiger partial charge in [0.1, 0.15) is 18.5 Å². The molecule has 1 N–H and O–H groups in total. The lowest BCUT2D eigenvalue weighted by molar-refractivity contribution is 0.0934. The molecule has 4 nitrogen and oxygen atoms in total. The second-order valence-corrected chi connectivity index (χ2v) is 5.99. The van der Waals surface area contributed by atoms with E-state index < -0.39 is 17.7 Å². The average molecular weight is 383 g/mol. The number of fused-ring (bicyclic) bond motifs is 1. The van der Waals surface area contributed by atoms with Crippen LogP contribution in [0.4, 0.5) is 8.78 Å². The van der Waals surface area contributed by atoms with E-state index in [1.165, 1.54) is 6.33 Å². The lowest BCUT2D eigenvalue weighted by Gasteiger charge is -2.13. The topological polar surface area (TPSA) is 47.3 Å². The van der Waals surface area contributed by atoms with Crippen molar-refractivity contribution in [1.82, 2.24) is 9.55 Å². The summed E-state index contributed by atoms with van der Waals surface area (Å²) in [6.07, 6.45) is 0.616. The standard InChI is InChI=1S/C16H13BrF2N2O2/c17-10-2-1-3-12(4-10)23-8-11(22)7-21-9-20-15-5-13(18)14(19)6-16(15)21/h1-6,9,11,22H,7-8H2. The van der Waals surface area contributed by atoms with Crippen molar-refractivity contribution < 1.29 is 18.6 Å². The number of nitrogens with zero attached hydrogens (tertiary/aromatic N) is 2. The van der Waals surface area contributed by atoms with Gasteiger partial charge in [-0.1, -0.05) is 22.0 Å². The maximum absolute atomic E-state index is 13.3. The number of rotatable bonds is 5. The molecule has 0 saturated heterocycles. The van der Waals surface area contributed by atoms with E-state index >= 15 is 0 Å². The Kier molecular flexibility index (Phi) is 4.58. The molecule has 120 valence electrons. The van der Waals surface area contributed by atoms with Crippen LogP contribution < -0.4 is 4.74 Å². The molecular weight excluding hydrogens is 370 g/mol. The molecule has 0 fully saturated rings. The largest absolute Gasteiger partial charge is 0.491 e. The van der Waals surface area contributed by atoms with E-state index in [0.717, 1.165) is 16.6 Å². The molecular formula is C16H13BrF2N2O2. The fourth-order valence-electron chi connectivity index (χ4n) is 2.23. The van der Waals surface area contributed by atoms with Crippen molar-refractivity contribution in [2.75, 3.05) is 6.61 Å². The lowest BCUT2D eigenvalue weighted by Crippen LogP contribution is -2.23. The predicted molar refractivity (Wildman–Crippen MR) is 85.3 cm³/mol. The van der Waals surface area contributed by atoms with Crippen LogP contribution in [0, 0.1) is 11.6 Å². The summed E-state index contributed by atoms with van der Waals surface area (Å²) in [6, 6.07) is 9.37. The number of aliphatic hydroxyl groups excluding tert-OH is 1. The second kappa shape index (κ2) is 6.64. The summed E-state index contributed by atoms with van der Waals surface area (Å²) in [6.45, 7) is 0.232. The Balaban J connectivity index is 1.68. The maximum Gasteiger partial charge on any atom is 0.161 e. The molecule has 0 amide bonds. The van der Waals surface area contributed by atoms with Gasteiger partial charge in [-0.25, -0.2) is 13.8 Å². The van der Waals surface area contributed by atoms with Gasteiger partial charge in [-0.15, -0.1) is 0 Å². The van der Waals surface area contributed by atoms with E-state index in [1.54, 1.807) is 16.7 Å². The van der Waals surface area contributed by atoms with Crippen molar-refractivity contribution in [2.45, 2.75) is 12.6 Å². The Morgan fingerprint density at radius 3 is 2.78 bits per heavy atom. The Morgan fingerprint density at radius 1 is 1.22 bits per heavy atom. The second-order valence-electron chi connectivity index (χ2n) is 5.07. The van der Waals surface area contributed by atoms with E-state index in [0.29, 0.717) is 16.8 Å². The zero-order valence-electron chi connectivity index (χ0n) is 11.9. The third kappa shape index (κ3) is 3.68. The molecule has 0 spiro atoms. The molecule has 1 unspecified atom stereocenters. The minimum absolute atomic E-state index is 0.0692. The van der Waals surface area contributed by atoms with E-state index in [2.05, 4.69) is 20.9 Å². The first kappa shape index (κ1) is 15.9. The van der Waals surface area contributed by atoms with Gasteiger partial charge in [-0.2, -0.15) is 0 Å². The number of hydrogen-bond donors (Lipinski definition) is 1. The van der Waals surface area contributed by atoms with Gasteiger partial charge in [-0.05, 0) is 18.2 Å². The van der Waals surface area contributed by atoms with Crippen LogP contribution >= 0.6 is 15.9 Å². The van der Waals surface area contributed by atoms with Crippen LogP contribution in [0.3, 0.4) is 0 Å². The van der Waals surface area contributed by atoms with Crippen molar-refractivity contribution in [3.8, 4) is 5.75 Å². The van der Waals surface area contributed by atoms with Crippen molar-refractivity contribution in [1.29, 1.82) is 0 Å². The van der Waals surface area contributed by atoms with Crippen molar-refractivity contribution >= 4 is 27.0 Å². The van der Waals surface area contributed by atoms with Gasteiger partial charge < -0.3 is 14.4 Å². The van der Waals surface area contributed by atoms with Crippen LogP contribution in [0.15, 0.2) is 47.2 Å². The zero-order valence-corrected chi connectivity index (χ0v) is 13.5. The van der Waals surface area contributed by atoms with Crippen LogP contribution in [0.1, 0.15) is 0 Å².